The van der Waals surface area contributed by atoms with Crippen molar-refractivity contribution in [1.29, 1.82) is 0 Å². The van der Waals surface area contributed by atoms with E-state index in [-0.39, 0.29) is 0 Å². The molecule has 0 N–H and O–H groups in total. The van der Waals surface area contributed by atoms with Crippen LogP contribution < -0.4 is 5.63 Å². The summed E-state index contributed by atoms with van der Waals surface area (Å²) in [6.07, 6.45) is 0. The number of furan rings is 1. The van der Waals surface area contributed by atoms with Crippen LogP contribution in [0.2, 0.25) is 0 Å². The summed E-state index contributed by atoms with van der Waals surface area (Å²) in [4.78, 5) is 11.6. The van der Waals surface area contributed by atoms with Gasteiger partial charge in [0.05, 0.1) is 0 Å². The summed E-state index contributed by atoms with van der Waals surface area (Å²) in [5.74, 6) is 0.598. The predicted octanol–water partition coefficient (Wildman–Crippen LogP) is 3.16. The summed E-state index contributed by atoms with van der Waals surface area (Å²) < 4.78 is 10.5. The Morgan fingerprint density at radius 3 is 2.62 bits per heavy atom. The highest BCUT2D eigenvalue weighted by molar-refractivity contribution is 6.04. The summed E-state index contributed by atoms with van der Waals surface area (Å²) in [7, 11) is 0. The minimum absolute atomic E-state index is 0.297. The quantitative estimate of drug-likeness (QED) is 0.577. The summed E-state index contributed by atoms with van der Waals surface area (Å²) >= 11 is 0. The number of rotatable bonds is 0. The van der Waals surface area contributed by atoms with Gasteiger partial charge in [0, 0.05) is 10.8 Å². The van der Waals surface area contributed by atoms with Crippen molar-refractivity contribution in [2.75, 3.05) is 0 Å². The zero-order valence-corrected chi connectivity index (χ0v) is 9.03. The smallest absolute Gasteiger partial charge is 0.379 e. The number of hydrogen-bond donors (Lipinski definition) is 0. The molecule has 0 bridgehead atoms. The minimum atomic E-state index is -0.413. The Morgan fingerprint density at radius 2 is 1.81 bits per heavy atom. The Hall–Kier alpha value is -2.03. The van der Waals surface area contributed by atoms with Crippen LogP contribution in [0.5, 0.6) is 0 Å². The van der Waals surface area contributed by atoms with Crippen LogP contribution in [0.15, 0.2) is 37.9 Å². The van der Waals surface area contributed by atoms with E-state index in [1.807, 2.05) is 31.2 Å². The molecule has 0 amide bonds. The van der Waals surface area contributed by atoms with Crippen molar-refractivity contribution >= 4 is 21.9 Å². The molecule has 2 heterocycles. The monoisotopic (exact) mass is 214 g/mol. The Morgan fingerprint density at radius 1 is 1.00 bits per heavy atom. The minimum Gasteiger partial charge on any atom is -0.448 e. The van der Waals surface area contributed by atoms with E-state index in [4.69, 9.17) is 8.83 Å². The lowest BCUT2D eigenvalue weighted by Crippen LogP contribution is -1.97. The van der Waals surface area contributed by atoms with Gasteiger partial charge in [-0.3, -0.25) is 0 Å². The highest BCUT2D eigenvalue weighted by Gasteiger charge is 2.11. The van der Waals surface area contributed by atoms with E-state index in [1.165, 1.54) is 0 Å². The molecule has 0 radical (unpaired) electrons. The van der Waals surface area contributed by atoms with E-state index in [2.05, 4.69) is 0 Å². The van der Waals surface area contributed by atoms with Gasteiger partial charge in [-0.05, 0) is 31.5 Å². The van der Waals surface area contributed by atoms with Crippen LogP contribution in [0.4, 0.5) is 0 Å². The highest BCUT2D eigenvalue weighted by Crippen LogP contribution is 2.27. The van der Waals surface area contributed by atoms with Gasteiger partial charge in [0.1, 0.15) is 11.3 Å². The van der Waals surface area contributed by atoms with Gasteiger partial charge in [0.15, 0.2) is 0 Å². The summed E-state index contributed by atoms with van der Waals surface area (Å²) in [5.41, 5.74) is 1.72. The maximum atomic E-state index is 11.6. The van der Waals surface area contributed by atoms with Crippen LogP contribution in [-0.2, 0) is 0 Å². The molecule has 3 aromatic rings. The first-order chi connectivity index (χ1) is 7.65. The first-order valence-electron chi connectivity index (χ1n) is 5.09. The molecule has 1 aromatic carbocycles. The molecule has 3 heteroatoms. The molecule has 0 aliphatic carbocycles. The molecular formula is C13H10O3. The molecule has 0 spiro atoms. The third kappa shape index (κ3) is 1.18. The second kappa shape index (κ2) is 2.98. The molecule has 2 aromatic heterocycles. The number of fused-ring (bicyclic) bond motifs is 3. The van der Waals surface area contributed by atoms with Crippen molar-refractivity contribution in [1.82, 2.24) is 0 Å². The fraction of sp³-hybridized carbons (Fsp3) is 0.154. The van der Waals surface area contributed by atoms with E-state index in [9.17, 15) is 4.79 Å². The van der Waals surface area contributed by atoms with Gasteiger partial charge in [-0.25, -0.2) is 4.79 Å². The van der Waals surface area contributed by atoms with Gasteiger partial charge in [0.25, 0.3) is 0 Å². The average Bonchev–Trinajstić information content (AvgIpc) is 2.56. The molecular weight excluding hydrogens is 204 g/mol. The third-order valence-corrected chi connectivity index (χ3v) is 2.67. The van der Waals surface area contributed by atoms with Crippen LogP contribution in [-0.4, -0.2) is 0 Å². The molecule has 0 unspecified atom stereocenters. The fourth-order valence-electron chi connectivity index (χ4n) is 1.94. The van der Waals surface area contributed by atoms with Crippen molar-refractivity contribution in [3.05, 3.63) is 46.0 Å². The molecule has 0 atom stereocenters. The Labute approximate surface area is 91.3 Å². The first-order valence-corrected chi connectivity index (χ1v) is 5.09. The number of hydrogen-bond acceptors (Lipinski definition) is 3. The van der Waals surface area contributed by atoms with Crippen molar-refractivity contribution in [2.45, 2.75) is 13.8 Å². The maximum absolute atomic E-state index is 11.6. The summed E-state index contributed by atoms with van der Waals surface area (Å²) in [6.45, 7) is 3.74. The van der Waals surface area contributed by atoms with Gasteiger partial charge >= 0.3 is 5.63 Å². The second-order valence-electron chi connectivity index (χ2n) is 3.99. The Balaban J connectivity index is 2.61. The van der Waals surface area contributed by atoms with E-state index < -0.39 is 5.63 Å². The molecule has 16 heavy (non-hydrogen) atoms. The van der Waals surface area contributed by atoms with E-state index in [1.54, 1.807) is 6.92 Å². The molecule has 3 nitrogen and oxygen atoms in total. The van der Waals surface area contributed by atoms with E-state index >= 15 is 0 Å². The zero-order valence-electron chi connectivity index (χ0n) is 9.03. The molecule has 0 fully saturated rings. The van der Waals surface area contributed by atoms with Crippen molar-refractivity contribution in [3.8, 4) is 0 Å². The van der Waals surface area contributed by atoms with Crippen LogP contribution >= 0.6 is 0 Å². The van der Waals surface area contributed by atoms with E-state index in [0.29, 0.717) is 11.3 Å². The summed E-state index contributed by atoms with van der Waals surface area (Å²) in [5, 5.41) is 1.78. The normalized spacial score (nSPS) is 11.4. The standard InChI is InChI=1S/C13H10O3/c1-7-3-4-9-10-6-8(2)15-13(14)12(10)16-11(9)5-7/h3-6H,1-2H3. The third-order valence-electron chi connectivity index (χ3n) is 2.67. The maximum Gasteiger partial charge on any atom is 0.379 e. The fourth-order valence-corrected chi connectivity index (χ4v) is 1.94. The molecule has 0 saturated carbocycles. The van der Waals surface area contributed by atoms with Gasteiger partial charge in [-0.1, -0.05) is 12.1 Å². The van der Waals surface area contributed by atoms with Crippen molar-refractivity contribution in [3.63, 3.8) is 0 Å². The van der Waals surface area contributed by atoms with Crippen LogP contribution in [0.25, 0.3) is 21.9 Å². The lowest BCUT2D eigenvalue weighted by molar-refractivity contribution is 0.474. The average molecular weight is 214 g/mol. The van der Waals surface area contributed by atoms with Crippen molar-refractivity contribution < 1.29 is 8.83 Å². The lowest BCUT2D eigenvalue weighted by Gasteiger charge is -1.91. The lowest BCUT2D eigenvalue weighted by atomic mass is 10.1. The molecule has 80 valence electrons. The predicted molar refractivity (Wildman–Crippen MR) is 61.7 cm³/mol. The van der Waals surface area contributed by atoms with Crippen LogP contribution in [0.3, 0.4) is 0 Å². The van der Waals surface area contributed by atoms with Gasteiger partial charge in [0.2, 0.25) is 5.58 Å². The van der Waals surface area contributed by atoms with E-state index in [0.717, 1.165) is 21.9 Å². The van der Waals surface area contributed by atoms with Gasteiger partial charge in [-0.15, -0.1) is 0 Å². The van der Waals surface area contributed by atoms with Crippen LogP contribution in [0, 0.1) is 13.8 Å². The molecule has 3 rings (SSSR count). The Bertz CT molecular complexity index is 747. The topological polar surface area (TPSA) is 43.4 Å². The first kappa shape index (κ1) is 9.21. The van der Waals surface area contributed by atoms with Crippen LogP contribution in [0.1, 0.15) is 11.3 Å². The largest absolute Gasteiger partial charge is 0.448 e. The molecule has 0 aliphatic heterocycles. The zero-order chi connectivity index (χ0) is 11.3. The highest BCUT2D eigenvalue weighted by atomic mass is 16.4. The molecule has 0 aliphatic rings. The number of benzene rings is 1. The molecule has 0 saturated heterocycles. The van der Waals surface area contributed by atoms with Gasteiger partial charge < -0.3 is 8.83 Å². The Kier molecular flexibility index (Phi) is 1.72. The second-order valence-corrected chi connectivity index (χ2v) is 3.99. The summed E-state index contributed by atoms with van der Waals surface area (Å²) in [6, 6.07) is 7.72. The SMILES string of the molecule is Cc1ccc2c(c1)oc1c(=O)oc(C)cc12. The van der Waals surface area contributed by atoms with Crippen molar-refractivity contribution in [2.24, 2.45) is 0 Å². The van der Waals surface area contributed by atoms with Gasteiger partial charge in [-0.2, -0.15) is 0 Å². The number of aryl methyl sites for hydroxylation is 2.